The summed E-state index contributed by atoms with van der Waals surface area (Å²) in [6, 6.07) is 7.33. The molecule has 0 bridgehead atoms. The Morgan fingerprint density at radius 2 is 1.91 bits per heavy atom. The fraction of sp³-hybridized carbons (Fsp3) is 0.611. The molecule has 1 saturated heterocycles. The van der Waals surface area contributed by atoms with Gasteiger partial charge in [-0.05, 0) is 50.3 Å². The predicted molar refractivity (Wildman–Crippen MR) is 90.1 cm³/mol. The average Bonchev–Trinajstić information content (AvgIpc) is 3.15. The smallest absolute Gasteiger partial charge is 0.233 e. The van der Waals surface area contributed by atoms with Crippen LogP contribution in [0.4, 0.5) is 0 Å². The average molecular weight is 335 g/mol. The van der Waals surface area contributed by atoms with Gasteiger partial charge in [0, 0.05) is 18.8 Å². The van der Waals surface area contributed by atoms with E-state index >= 15 is 0 Å². The van der Waals surface area contributed by atoms with Crippen LogP contribution in [-0.4, -0.2) is 38.1 Å². The van der Waals surface area contributed by atoms with Crippen molar-refractivity contribution in [3.05, 3.63) is 29.8 Å². The number of likely N-dealkylation sites (tertiary alicyclic amines) is 1. The fourth-order valence-corrected chi connectivity index (χ4v) is 4.81. The molecule has 0 spiro atoms. The van der Waals surface area contributed by atoms with E-state index in [9.17, 15) is 13.2 Å². The second-order valence-corrected chi connectivity index (χ2v) is 9.09. The van der Waals surface area contributed by atoms with Crippen LogP contribution in [0, 0.1) is 0 Å². The van der Waals surface area contributed by atoms with Crippen LogP contribution in [0.2, 0.25) is 0 Å². The molecule has 1 amide bonds. The summed E-state index contributed by atoms with van der Waals surface area (Å²) in [4.78, 5) is 15.6. The Morgan fingerprint density at radius 3 is 2.48 bits per heavy atom. The number of benzene rings is 1. The monoisotopic (exact) mass is 335 g/mol. The molecule has 0 aromatic heterocycles. The third-order valence-corrected chi connectivity index (χ3v) is 6.61. The third-order valence-electron chi connectivity index (χ3n) is 5.50. The standard InChI is InChI=1S/C18H25NO3S/c1-14-7-6-12-19(14)17(20)18(10-3-4-11-18)15-8-5-9-16(13-15)23(2,21)22/h5,8-9,13-14H,3-4,6-7,10-12H2,1-2H3/t14-/m1/s1. The summed E-state index contributed by atoms with van der Waals surface area (Å²) in [5, 5.41) is 0. The van der Waals surface area contributed by atoms with Crippen molar-refractivity contribution < 1.29 is 13.2 Å². The summed E-state index contributed by atoms with van der Waals surface area (Å²) in [5.41, 5.74) is 0.348. The minimum absolute atomic E-state index is 0.200. The third kappa shape index (κ3) is 2.91. The molecule has 4 nitrogen and oxygen atoms in total. The SMILES string of the molecule is C[C@@H]1CCCN1C(=O)C1(c2cccc(S(C)(=O)=O)c2)CCCC1. The molecule has 1 aliphatic carbocycles. The van der Waals surface area contributed by atoms with Crippen molar-refractivity contribution in [2.24, 2.45) is 0 Å². The van der Waals surface area contributed by atoms with Crippen molar-refractivity contribution in [2.75, 3.05) is 12.8 Å². The predicted octanol–water partition coefficient (Wildman–Crippen LogP) is 2.91. The Bertz CT molecular complexity index is 705. The molecular formula is C18H25NO3S. The van der Waals surface area contributed by atoms with E-state index in [1.54, 1.807) is 18.2 Å². The van der Waals surface area contributed by atoms with Gasteiger partial charge in [0.15, 0.2) is 9.84 Å². The molecule has 0 radical (unpaired) electrons. The van der Waals surface area contributed by atoms with E-state index in [4.69, 9.17) is 0 Å². The van der Waals surface area contributed by atoms with Crippen LogP contribution in [0.3, 0.4) is 0 Å². The molecule has 126 valence electrons. The van der Waals surface area contributed by atoms with E-state index in [0.717, 1.165) is 50.6 Å². The van der Waals surface area contributed by atoms with Crippen LogP contribution in [0.5, 0.6) is 0 Å². The second-order valence-electron chi connectivity index (χ2n) is 7.08. The van der Waals surface area contributed by atoms with E-state index in [-0.39, 0.29) is 11.9 Å². The molecule has 1 aliphatic heterocycles. The highest BCUT2D eigenvalue weighted by atomic mass is 32.2. The molecule has 3 rings (SSSR count). The molecule has 2 aliphatic rings. The minimum atomic E-state index is -3.26. The van der Waals surface area contributed by atoms with Gasteiger partial charge in [-0.25, -0.2) is 8.42 Å². The van der Waals surface area contributed by atoms with Gasteiger partial charge in [-0.15, -0.1) is 0 Å². The van der Waals surface area contributed by atoms with E-state index in [1.807, 2.05) is 11.0 Å². The summed E-state index contributed by atoms with van der Waals surface area (Å²) in [7, 11) is -3.26. The van der Waals surface area contributed by atoms with E-state index < -0.39 is 15.3 Å². The van der Waals surface area contributed by atoms with Gasteiger partial charge in [-0.3, -0.25) is 4.79 Å². The summed E-state index contributed by atoms with van der Waals surface area (Å²) in [6.45, 7) is 2.94. The van der Waals surface area contributed by atoms with Crippen LogP contribution in [0.15, 0.2) is 29.2 Å². The van der Waals surface area contributed by atoms with Gasteiger partial charge >= 0.3 is 0 Å². The summed E-state index contributed by atoms with van der Waals surface area (Å²) in [6.07, 6.45) is 7.04. The maximum absolute atomic E-state index is 13.3. The van der Waals surface area contributed by atoms with Crippen molar-refractivity contribution in [2.45, 2.75) is 61.8 Å². The van der Waals surface area contributed by atoms with Crippen LogP contribution in [-0.2, 0) is 20.0 Å². The molecule has 1 aromatic rings. The molecule has 1 atom stereocenters. The second kappa shape index (κ2) is 5.93. The van der Waals surface area contributed by atoms with Crippen LogP contribution in [0.25, 0.3) is 0 Å². The van der Waals surface area contributed by atoms with Crippen molar-refractivity contribution in [3.63, 3.8) is 0 Å². The lowest BCUT2D eigenvalue weighted by Crippen LogP contribution is -2.46. The molecule has 0 N–H and O–H groups in total. The Labute approximate surface area is 138 Å². The lowest BCUT2D eigenvalue weighted by atomic mass is 9.77. The molecule has 5 heteroatoms. The zero-order valence-electron chi connectivity index (χ0n) is 13.9. The van der Waals surface area contributed by atoms with Gasteiger partial charge < -0.3 is 4.90 Å². The number of rotatable bonds is 3. The van der Waals surface area contributed by atoms with Gasteiger partial charge in [0.05, 0.1) is 10.3 Å². The Kier molecular flexibility index (Phi) is 4.25. The highest BCUT2D eigenvalue weighted by Gasteiger charge is 2.46. The normalized spacial score (nSPS) is 24.1. The Hall–Kier alpha value is -1.36. The number of hydrogen-bond donors (Lipinski definition) is 0. The van der Waals surface area contributed by atoms with Crippen LogP contribution < -0.4 is 0 Å². The van der Waals surface area contributed by atoms with Gasteiger partial charge in [0.1, 0.15) is 0 Å². The molecular weight excluding hydrogens is 310 g/mol. The molecule has 0 unspecified atom stereocenters. The molecule has 1 saturated carbocycles. The number of amides is 1. The van der Waals surface area contributed by atoms with Crippen molar-refractivity contribution >= 4 is 15.7 Å². The number of sulfone groups is 1. The first-order valence-corrected chi connectivity index (χ1v) is 10.4. The van der Waals surface area contributed by atoms with Gasteiger partial charge in [-0.1, -0.05) is 25.0 Å². The first kappa shape index (κ1) is 16.5. The lowest BCUT2D eigenvalue weighted by molar-refractivity contribution is -0.137. The fourth-order valence-electron chi connectivity index (χ4n) is 4.14. The highest BCUT2D eigenvalue weighted by Crippen LogP contribution is 2.44. The zero-order valence-corrected chi connectivity index (χ0v) is 14.7. The van der Waals surface area contributed by atoms with Gasteiger partial charge in [0.2, 0.25) is 5.91 Å². The number of nitrogens with zero attached hydrogens (tertiary/aromatic N) is 1. The van der Waals surface area contributed by atoms with Crippen LogP contribution >= 0.6 is 0 Å². The van der Waals surface area contributed by atoms with E-state index in [1.165, 1.54) is 6.26 Å². The minimum Gasteiger partial charge on any atom is -0.339 e. The molecule has 1 aromatic carbocycles. The number of hydrogen-bond acceptors (Lipinski definition) is 3. The highest BCUT2D eigenvalue weighted by molar-refractivity contribution is 7.90. The maximum Gasteiger partial charge on any atom is 0.233 e. The molecule has 23 heavy (non-hydrogen) atoms. The summed E-state index contributed by atoms with van der Waals surface area (Å²) >= 11 is 0. The quantitative estimate of drug-likeness (QED) is 0.853. The van der Waals surface area contributed by atoms with Gasteiger partial charge in [0.25, 0.3) is 0 Å². The molecule has 2 fully saturated rings. The first-order chi connectivity index (χ1) is 10.8. The number of carbonyl (C=O) groups excluding carboxylic acids is 1. The topological polar surface area (TPSA) is 54.5 Å². The summed E-state index contributed by atoms with van der Waals surface area (Å²) in [5.74, 6) is 0.200. The van der Waals surface area contributed by atoms with Crippen molar-refractivity contribution in [3.8, 4) is 0 Å². The largest absolute Gasteiger partial charge is 0.339 e. The van der Waals surface area contributed by atoms with Crippen molar-refractivity contribution in [1.82, 2.24) is 4.90 Å². The lowest BCUT2D eigenvalue weighted by Gasteiger charge is -2.35. The van der Waals surface area contributed by atoms with Crippen LogP contribution in [0.1, 0.15) is 51.0 Å². The molecule has 1 heterocycles. The first-order valence-electron chi connectivity index (χ1n) is 8.46. The maximum atomic E-state index is 13.3. The zero-order chi connectivity index (χ0) is 16.7. The Morgan fingerprint density at radius 1 is 1.22 bits per heavy atom. The number of carbonyl (C=O) groups is 1. The summed E-state index contributed by atoms with van der Waals surface area (Å²) < 4.78 is 23.8. The van der Waals surface area contributed by atoms with Gasteiger partial charge in [-0.2, -0.15) is 0 Å². The van der Waals surface area contributed by atoms with E-state index in [2.05, 4.69) is 6.92 Å². The Balaban J connectivity index is 2.03. The van der Waals surface area contributed by atoms with E-state index in [0.29, 0.717) is 4.90 Å². The van der Waals surface area contributed by atoms with Crippen molar-refractivity contribution in [1.29, 1.82) is 0 Å².